The van der Waals surface area contributed by atoms with Crippen molar-refractivity contribution in [2.45, 2.75) is 25.4 Å². The Labute approximate surface area is 138 Å². The van der Waals surface area contributed by atoms with Gasteiger partial charge in [0.25, 0.3) is 0 Å². The molecule has 0 heterocycles. The molecule has 0 bridgehead atoms. The van der Waals surface area contributed by atoms with Gasteiger partial charge in [-0.25, -0.2) is 0 Å². The topological polar surface area (TPSA) is 46.2 Å². The Morgan fingerprint density at radius 2 is 1.58 bits per heavy atom. The lowest BCUT2D eigenvalue weighted by atomic mass is 9.71. The normalized spacial score (nSPS) is 20.8. The number of rotatable bonds is 2. The number of benzene rings is 2. The monoisotopic (exact) mass is 333 g/mol. The summed E-state index contributed by atoms with van der Waals surface area (Å²) in [5.41, 5.74) is 7.05. The van der Waals surface area contributed by atoms with Crippen LogP contribution in [0.5, 0.6) is 0 Å². The molecule has 0 amide bonds. The first kappa shape index (κ1) is 16.4. The highest BCUT2D eigenvalue weighted by molar-refractivity contribution is 5.70. The van der Waals surface area contributed by atoms with Gasteiger partial charge in [-0.3, -0.25) is 0 Å². The van der Waals surface area contributed by atoms with Crippen LogP contribution in [-0.2, 0) is 6.18 Å². The number of nitrogens with two attached hydrogens (primary N) is 1. The number of halogens is 3. The molecule has 5 heteroatoms. The van der Waals surface area contributed by atoms with E-state index in [1.54, 1.807) is 30.3 Å². The third-order valence-corrected chi connectivity index (χ3v) is 4.67. The van der Waals surface area contributed by atoms with E-state index < -0.39 is 17.7 Å². The van der Waals surface area contributed by atoms with E-state index in [0.717, 1.165) is 6.07 Å². The highest BCUT2D eigenvalue weighted by Gasteiger charge is 2.40. The van der Waals surface area contributed by atoms with Crippen molar-refractivity contribution in [3.63, 3.8) is 0 Å². The maximum Gasteiger partial charge on any atom is 0.416 e. The summed E-state index contributed by atoms with van der Waals surface area (Å²) in [4.78, 5) is 0. The first-order valence-electron chi connectivity index (χ1n) is 7.80. The summed E-state index contributed by atoms with van der Waals surface area (Å²) >= 11 is 0. The Hall–Kier alpha value is -2.43. The lowest BCUT2D eigenvalue weighted by molar-refractivity contribution is -0.138. The zero-order valence-corrected chi connectivity index (χ0v) is 13.1. The molecular weight excluding hydrogens is 315 g/mol. The summed E-state index contributed by atoms with van der Waals surface area (Å²) in [6.45, 7) is 1.86. The van der Waals surface area contributed by atoms with Gasteiger partial charge in [-0.05, 0) is 23.6 Å². The number of aliphatic hydroxyl groups excluding tert-OH is 1. The van der Waals surface area contributed by atoms with Crippen LogP contribution >= 0.6 is 0 Å². The summed E-state index contributed by atoms with van der Waals surface area (Å²) in [7, 11) is 0. The first-order chi connectivity index (χ1) is 11.4. The van der Waals surface area contributed by atoms with E-state index in [-0.39, 0.29) is 22.9 Å². The van der Waals surface area contributed by atoms with Gasteiger partial charge in [0.15, 0.2) is 0 Å². The second-order valence-electron chi connectivity index (χ2n) is 5.97. The van der Waals surface area contributed by atoms with Crippen LogP contribution in [0.2, 0.25) is 0 Å². The fourth-order valence-corrected chi connectivity index (χ4v) is 3.58. The molecular formula is C19H18F3NO. The van der Waals surface area contributed by atoms with Crippen molar-refractivity contribution in [3.8, 4) is 0 Å². The van der Waals surface area contributed by atoms with Crippen LogP contribution in [0.25, 0.3) is 5.76 Å². The fraction of sp³-hybridized carbons (Fsp3) is 0.263. The van der Waals surface area contributed by atoms with Crippen molar-refractivity contribution in [1.29, 1.82) is 0 Å². The summed E-state index contributed by atoms with van der Waals surface area (Å²) in [5, 5.41) is 10.4. The molecule has 3 rings (SSSR count). The summed E-state index contributed by atoms with van der Waals surface area (Å²) in [5.74, 6) is -0.957. The Kier molecular flexibility index (Phi) is 4.03. The van der Waals surface area contributed by atoms with Gasteiger partial charge in [0.05, 0.1) is 11.3 Å². The minimum atomic E-state index is -4.44. The largest absolute Gasteiger partial charge is 0.505 e. The molecule has 3 N–H and O–H groups in total. The number of allylic oxidation sites excluding steroid dienone is 1. The SMILES string of the molecule is CCC1C(N)=C(O)c2ccccc2C1c1ccccc1C(F)(F)F. The van der Waals surface area contributed by atoms with Gasteiger partial charge in [-0.15, -0.1) is 0 Å². The smallest absolute Gasteiger partial charge is 0.416 e. The summed E-state index contributed by atoms with van der Waals surface area (Å²) in [6.07, 6.45) is -3.91. The Morgan fingerprint density at radius 3 is 2.21 bits per heavy atom. The van der Waals surface area contributed by atoms with Gasteiger partial charge in [0.2, 0.25) is 0 Å². The fourth-order valence-electron chi connectivity index (χ4n) is 3.58. The molecule has 2 aromatic rings. The molecule has 2 nitrogen and oxygen atoms in total. The van der Waals surface area contributed by atoms with Crippen LogP contribution in [0, 0.1) is 5.92 Å². The van der Waals surface area contributed by atoms with Gasteiger partial charge in [-0.1, -0.05) is 49.4 Å². The number of hydrogen-bond donors (Lipinski definition) is 2. The van der Waals surface area contributed by atoms with Crippen molar-refractivity contribution in [1.82, 2.24) is 0 Å². The molecule has 0 radical (unpaired) electrons. The van der Waals surface area contributed by atoms with E-state index >= 15 is 0 Å². The van der Waals surface area contributed by atoms with Crippen LogP contribution in [0.1, 0.15) is 41.5 Å². The third-order valence-electron chi connectivity index (χ3n) is 4.67. The van der Waals surface area contributed by atoms with Gasteiger partial charge in [0, 0.05) is 17.4 Å². The Bertz CT molecular complexity index is 795. The van der Waals surface area contributed by atoms with Crippen LogP contribution in [0.3, 0.4) is 0 Å². The first-order valence-corrected chi connectivity index (χ1v) is 7.80. The highest BCUT2D eigenvalue weighted by Crippen LogP contribution is 2.48. The van der Waals surface area contributed by atoms with Crippen LogP contribution < -0.4 is 5.73 Å². The van der Waals surface area contributed by atoms with E-state index in [2.05, 4.69) is 0 Å². The predicted octanol–water partition coefficient (Wildman–Crippen LogP) is 5.06. The lowest BCUT2D eigenvalue weighted by Gasteiger charge is -2.35. The van der Waals surface area contributed by atoms with Gasteiger partial charge in [-0.2, -0.15) is 13.2 Å². The molecule has 0 aliphatic heterocycles. The molecule has 1 aliphatic rings. The number of hydrogen-bond acceptors (Lipinski definition) is 2. The Balaban J connectivity index is 2.28. The van der Waals surface area contributed by atoms with Crippen molar-refractivity contribution < 1.29 is 18.3 Å². The second kappa shape index (κ2) is 5.89. The number of aliphatic hydroxyl groups is 1. The van der Waals surface area contributed by atoms with E-state index in [0.29, 0.717) is 17.5 Å². The average molecular weight is 333 g/mol. The van der Waals surface area contributed by atoms with Crippen molar-refractivity contribution in [3.05, 3.63) is 76.5 Å². The van der Waals surface area contributed by atoms with Gasteiger partial charge >= 0.3 is 6.18 Å². The average Bonchev–Trinajstić information content (AvgIpc) is 2.57. The summed E-state index contributed by atoms with van der Waals surface area (Å²) < 4.78 is 40.5. The van der Waals surface area contributed by atoms with Gasteiger partial charge < -0.3 is 10.8 Å². The molecule has 24 heavy (non-hydrogen) atoms. The molecule has 0 aromatic heterocycles. The standard InChI is InChI=1S/C19H18F3NO/c1-2-11-16(14-9-5-6-10-15(14)19(20,21)22)12-7-3-4-8-13(12)18(24)17(11)23/h3-11,16,24H,2,23H2,1H3. The lowest BCUT2D eigenvalue weighted by Crippen LogP contribution is -2.28. The number of alkyl halides is 3. The van der Waals surface area contributed by atoms with Crippen LogP contribution in [-0.4, -0.2) is 5.11 Å². The van der Waals surface area contributed by atoms with E-state index in [1.807, 2.05) is 6.92 Å². The Morgan fingerprint density at radius 1 is 1.00 bits per heavy atom. The minimum absolute atomic E-state index is 0.0295. The maximum absolute atomic E-state index is 13.5. The van der Waals surface area contributed by atoms with E-state index in [9.17, 15) is 18.3 Å². The molecule has 1 aliphatic carbocycles. The second-order valence-corrected chi connectivity index (χ2v) is 5.97. The predicted molar refractivity (Wildman–Crippen MR) is 87.2 cm³/mol. The quantitative estimate of drug-likeness (QED) is 0.807. The van der Waals surface area contributed by atoms with Crippen molar-refractivity contribution in [2.24, 2.45) is 11.7 Å². The molecule has 2 unspecified atom stereocenters. The maximum atomic E-state index is 13.5. The molecule has 0 saturated carbocycles. The molecule has 0 fully saturated rings. The van der Waals surface area contributed by atoms with Crippen molar-refractivity contribution in [2.75, 3.05) is 0 Å². The third kappa shape index (κ3) is 2.54. The molecule has 126 valence electrons. The molecule has 2 aromatic carbocycles. The van der Waals surface area contributed by atoms with Gasteiger partial charge in [0.1, 0.15) is 5.76 Å². The summed E-state index contributed by atoms with van der Waals surface area (Å²) in [6, 6.07) is 12.5. The molecule has 0 saturated heterocycles. The van der Waals surface area contributed by atoms with Crippen LogP contribution in [0.15, 0.2) is 54.2 Å². The minimum Gasteiger partial charge on any atom is -0.505 e. The molecule has 2 atom stereocenters. The van der Waals surface area contributed by atoms with Crippen LogP contribution in [0.4, 0.5) is 13.2 Å². The molecule has 0 spiro atoms. The zero-order valence-electron chi connectivity index (χ0n) is 13.1. The number of fused-ring (bicyclic) bond motifs is 1. The zero-order chi connectivity index (χ0) is 17.5. The van der Waals surface area contributed by atoms with E-state index in [4.69, 9.17) is 5.73 Å². The van der Waals surface area contributed by atoms with Crippen molar-refractivity contribution >= 4 is 5.76 Å². The highest BCUT2D eigenvalue weighted by atomic mass is 19.4. The van der Waals surface area contributed by atoms with E-state index in [1.165, 1.54) is 12.1 Å².